The maximum Gasteiger partial charge on any atom is 0.260 e. The van der Waals surface area contributed by atoms with Crippen molar-refractivity contribution in [3.05, 3.63) is 28.8 Å². The molecular formula is C13H19ClN2O2. The molecule has 0 fully saturated rings. The molecule has 18 heavy (non-hydrogen) atoms. The standard InChI is InChI=1S/C13H19ClN2O2/c1-8(2)16-13(17)9(3)18-12-5-4-11(14)6-10(12)7-15/h4-6,8-9H,7,15H2,1-3H3,(H,16,17). The number of hydrogen-bond acceptors (Lipinski definition) is 3. The molecule has 0 aromatic heterocycles. The van der Waals surface area contributed by atoms with E-state index < -0.39 is 6.10 Å². The van der Waals surface area contributed by atoms with Gasteiger partial charge in [0.15, 0.2) is 6.10 Å². The van der Waals surface area contributed by atoms with Crippen LogP contribution in [0.3, 0.4) is 0 Å². The minimum Gasteiger partial charge on any atom is -0.481 e. The molecule has 0 heterocycles. The monoisotopic (exact) mass is 270 g/mol. The molecule has 100 valence electrons. The summed E-state index contributed by atoms with van der Waals surface area (Å²) < 4.78 is 5.60. The van der Waals surface area contributed by atoms with Crippen LogP contribution in [0.5, 0.6) is 5.75 Å². The van der Waals surface area contributed by atoms with Gasteiger partial charge in [-0.3, -0.25) is 4.79 Å². The summed E-state index contributed by atoms with van der Waals surface area (Å²) in [5.74, 6) is 0.441. The summed E-state index contributed by atoms with van der Waals surface area (Å²) in [7, 11) is 0. The zero-order valence-corrected chi connectivity index (χ0v) is 11.6. The smallest absolute Gasteiger partial charge is 0.260 e. The number of rotatable bonds is 5. The van der Waals surface area contributed by atoms with E-state index in [1.165, 1.54) is 0 Å². The molecule has 0 radical (unpaired) electrons. The van der Waals surface area contributed by atoms with Gasteiger partial charge in [-0.2, -0.15) is 0 Å². The van der Waals surface area contributed by atoms with E-state index in [1.807, 2.05) is 13.8 Å². The quantitative estimate of drug-likeness (QED) is 0.861. The Bertz CT molecular complexity index is 421. The van der Waals surface area contributed by atoms with Crippen LogP contribution >= 0.6 is 11.6 Å². The van der Waals surface area contributed by atoms with Crippen LogP contribution in [0.4, 0.5) is 0 Å². The highest BCUT2D eigenvalue weighted by molar-refractivity contribution is 6.30. The molecule has 1 amide bonds. The lowest BCUT2D eigenvalue weighted by Crippen LogP contribution is -2.40. The van der Waals surface area contributed by atoms with Crippen LogP contribution in [0.15, 0.2) is 18.2 Å². The van der Waals surface area contributed by atoms with Crippen molar-refractivity contribution in [3.8, 4) is 5.75 Å². The molecular weight excluding hydrogens is 252 g/mol. The molecule has 0 bridgehead atoms. The van der Waals surface area contributed by atoms with Crippen molar-refractivity contribution >= 4 is 17.5 Å². The van der Waals surface area contributed by atoms with Gasteiger partial charge in [0.1, 0.15) is 5.75 Å². The van der Waals surface area contributed by atoms with Gasteiger partial charge in [0.05, 0.1) is 0 Å². The van der Waals surface area contributed by atoms with Crippen molar-refractivity contribution in [1.29, 1.82) is 0 Å². The van der Waals surface area contributed by atoms with Crippen molar-refractivity contribution < 1.29 is 9.53 Å². The fourth-order valence-electron chi connectivity index (χ4n) is 1.47. The van der Waals surface area contributed by atoms with Gasteiger partial charge in [-0.25, -0.2) is 0 Å². The van der Waals surface area contributed by atoms with E-state index in [9.17, 15) is 4.79 Å². The van der Waals surface area contributed by atoms with Crippen molar-refractivity contribution in [2.45, 2.75) is 39.5 Å². The number of nitrogens with two attached hydrogens (primary N) is 1. The fraction of sp³-hybridized carbons (Fsp3) is 0.462. The topological polar surface area (TPSA) is 64.3 Å². The molecule has 1 aromatic carbocycles. The highest BCUT2D eigenvalue weighted by Gasteiger charge is 2.16. The number of nitrogens with one attached hydrogen (secondary N) is 1. The number of benzene rings is 1. The third-order valence-corrected chi connectivity index (χ3v) is 2.58. The van der Waals surface area contributed by atoms with Crippen LogP contribution in [0.1, 0.15) is 26.3 Å². The Balaban J connectivity index is 2.75. The van der Waals surface area contributed by atoms with E-state index in [4.69, 9.17) is 22.1 Å². The maximum absolute atomic E-state index is 11.7. The second-order valence-electron chi connectivity index (χ2n) is 4.38. The van der Waals surface area contributed by atoms with Gasteiger partial charge in [0.25, 0.3) is 5.91 Å². The number of halogens is 1. The summed E-state index contributed by atoms with van der Waals surface area (Å²) in [6.45, 7) is 5.82. The van der Waals surface area contributed by atoms with Crippen LogP contribution in [0.2, 0.25) is 5.02 Å². The Labute approximate surface area is 112 Å². The van der Waals surface area contributed by atoms with Gasteiger partial charge in [-0.05, 0) is 39.0 Å². The van der Waals surface area contributed by atoms with Gasteiger partial charge in [0.2, 0.25) is 0 Å². The Morgan fingerprint density at radius 3 is 2.67 bits per heavy atom. The lowest BCUT2D eigenvalue weighted by atomic mass is 10.2. The molecule has 0 aliphatic heterocycles. The molecule has 0 saturated carbocycles. The number of ether oxygens (including phenoxy) is 1. The average Bonchev–Trinajstić information content (AvgIpc) is 2.30. The van der Waals surface area contributed by atoms with E-state index >= 15 is 0 Å². The summed E-state index contributed by atoms with van der Waals surface area (Å²) in [4.78, 5) is 11.7. The van der Waals surface area contributed by atoms with E-state index in [0.717, 1.165) is 5.56 Å². The summed E-state index contributed by atoms with van der Waals surface area (Å²) in [5, 5.41) is 3.39. The van der Waals surface area contributed by atoms with Crippen LogP contribution in [-0.4, -0.2) is 18.1 Å². The highest BCUT2D eigenvalue weighted by atomic mass is 35.5. The molecule has 4 nitrogen and oxygen atoms in total. The van der Waals surface area contributed by atoms with Gasteiger partial charge in [-0.15, -0.1) is 0 Å². The van der Waals surface area contributed by atoms with Crippen LogP contribution < -0.4 is 15.8 Å². The van der Waals surface area contributed by atoms with Crippen LogP contribution in [0, 0.1) is 0 Å². The van der Waals surface area contributed by atoms with Crippen LogP contribution in [0.25, 0.3) is 0 Å². The first-order chi connectivity index (χ1) is 8.43. The maximum atomic E-state index is 11.7. The second-order valence-corrected chi connectivity index (χ2v) is 4.82. The first-order valence-electron chi connectivity index (χ1n) is 5.89. The minimum atomic E-state index is -0.570. The van der Waals surface area contributed by atoms with Crippen molar-refractivity contribution in [2.24, 2.45) is 5.73 Å². The average molecular weight is 271 g/mol. The molecule has 0 aliphatic carbocycles. The van der Waals surface area contributed by atoms with Crippen molar-refractivity contribution in [1.82, 2.24) is 5.32 Å². The number of amides is 1. The predicted molar refractivity (Wildman–Crippen MR) is 72.7 cm³/mol. The Morgan fingerprint density at radius 2 is 2.11 bits per heavy atom. The molecule has 1 unspecified atom stereocenters. The molecule has 0 aliphatic rings. The largest absolute Gasteiger partial charge is 0.481 e. The summed E-state index contributed by atoms with van der Waals surface area (Å²) in [6, 6.07) is 5.26. The first kappa shape index (κ1) is 14.8. The zero-order chi connectivity index (χ0) is 13.7. The van der Waals surface area contributed by atoms with Crippen molar-refractivity contribution in [2.75, 3.05) is 0 Å². The predicted octanol–water partition coefficient (Wildman–Crippen LogP) is 2.09. The molecule has 5 heteroatoms. The Hall–Kier alpha value is -1.26. The van der Waals surface area contributed by atoms with E-state index in [-0.39, 0.29) is 11.9 Å². The van der Waals surface area contributed by atoms with E-state index in [1.54, 1.807) is 25.1 Å². The number of hydrogen-bond donors (Lipinski definition) is 2. The first-order valence-corrected chi connectivity index (χ1v) is 6.27. The summed E-state index contributed by atoms with van der Waals surface area (Å²) in [6.07, 6.45) is -0.570. The van der Waals surface area contributed by atoms with E-state index in [0.29, 0.717) is 17.3 Å². The Kier molecular flexibility index (Phi) is 5.44. The number of carbonyl (C=O) groups is 1. The molecule has 0 spiro atoms. The summed E-state index contributed by atoms with van der Waals surface area (Å²) in [5.41, 5.74) is 6.40. The third kappa shape index (κ3) is 4.20. The zero-order valence-electron chi connectivity index (χ0n) is 10.9. The third-order valence-electron chi connectivity index (χ3n) is 2.35. The van der Waals surface area contributed by atoms with Gasteiger partial charge >= 0.3 is 0 Å². The normalized spacial score (nSPS) is 12.3. The molecule has 3 N–H and O–H groups in total. The van der Waals surface area contributed by atoms with Crippen LogP contribution in [-0.2, 0) is 11.3 Å². The highest BCUT2D eigenvalue weighted by Crippen LogP contribution is 2.23. The SMILES string of the molecule is CC(C)NC(=O)C(C)Oc1ccc(Cl)cc1CN. The van der Waals surface area contributed by atoms with E-state index in [2.05, 4.69) is 5.32 Å². The second kappa shape index (κ2) is 6.61. The fourth-order valence-corrected chi connectivity index (χ4v) is 1.66. The lowest BCUT2D eigenvalue weighted by molar-refractivity contribution is -0.127. The van der Waals surface area contributed by atoms with Gasteiger partial charge in [-0.1, -0.05) is 11.6 Å². The minimum absolute atomic E-state index is 0.0859. The molecule has 1 atom stereocenters. The molecule has 1 aromatic rings. The Morgan fingerprint density at radius 1 is 1.44 bits per heavy atom. The summed E-state index contributed by atoms with van der Waals surface area (Å²) >= 11 is 5.87. The lowest BCUT2D eigenvalue weighted by Gasteiger charge is -2.18. The van der Waals surface area contributed by atoms with Gasteiger partial charge < -0.3 is 15.8 Å². The van der Waals surface area contributed by atoms with Crippen molar-refractivity contribution in [3.63, 3.8) is 0 Å². The number of carbonyl (C=O) groups excluding carboxylic acids is 1. The molecule has 1 rings (SSSR count). The molecule has 0 saturated heterocycles. The van der Waals surface area contributed by atoms with Gasteiger partial charge in [0, 0.05) is 23.2 Å².